The Morgan fingerprint density at radius 1 is 1.16 bits per heavy atom. The average Bonchev–Trinajstić information content (AvgIpc) is 2.88. The van der Waals surface area contributed by atoms with Gasteiger partial charge < -0.3 is 4.79 Å². The lowest BCUT2D eigenvalue weighted by atomic mass is 10.1. The van der Waals surface area contributed by atoms with Crippen LogP contribution in [0.5, 0.6) is 0 Å². The summed E-state index contributed by atoms with van der Waals surface area (Å²) in [6.07, 6.45) is 5.72. The Labute approximate surface area is 113 Å². The molecule has 0 N–H and O–H groups in total. The number of unbranched alkanes of at least 4 members (excludes halogenated alkanes) is 2. The fourth-order valence-corrected chi connectivity index (χ4v) is 1.97. The number of aromatic nitrogens is 3. The summed E-state index contributed by atoms with van der Waals surface area (Å²) in [6, 6.07) is 10.0. The number of aryl methyl sites for hydroxylation is 1. The highest BCUT2D eigenvalue weighted by Gasteiger charge is 2.02. The lowest BCUT2D eigenvalue weighted by Crippen LogP contribution is -1.99. The predicted molar refractivity (Wildman–Crippen MR) is 74.6 cm³/mol. The number of benzene rings is 1. The average molecular weight is 257 g/mol. The van der Waals surface area contributed by atoms with Gasteiger partial charge in [0.2, 0.25) is 0 Å². The van der Waals surface area contributed by atoms with E-state index >= 15 is 0 Å². The second-order valence-electron chi connectivity index (χ2n) is 4.75. The Morgan fingerprint density at radius 3 is 2.68 bits per heavy atom. The van der Waals surface area contributed by atoms with E-state index in [1.807, 2.05) is 41.2 Å². The molecular weight excluding hydrogens is 238 g/mol. The first-order valence-corrected chi connectivity index (χ1v) is 6.71. The minimum atomic E-state index is 0.270. The third-order valence-corrected chi connectivity index (χ3v) is 3.02. The molecule has 0 saturated carbocycles. The quantitative estimate of drug-likeness (QED) is 0.716. The Bertz CT molecular complexity index is 519. The molecule has 0 radical (unpaired) electrons. The molecule has 2 aromatic rings. The van der Waals surface area contributed by atoms with Crippen molar-refractivity contribution in [2.75, 3.05) is 0 Å². The van der Waals surface area contributed by atoms with E-state index < -0.39 is 0 Å². The summed E-state index contributed by atoms with van der Waals surface area (Å²) in [7, 11) is 0. The van der Waals surface area contributed by atoms with E-state index in [1.165, 1.54) is 0 Å². The minimum Gasteiger partial charge on any atom is -0.300 e. The molecule has 0 aliphatic heterocycles. The number of hydrogen-bond donors (Lipinski definition) is 0. The number of nitrogens with zero attached hydrogens (tertiary/aromatic N) is 3. The van der Waals surface area contributed by atoms with Crippen LogP contribution < -0.4 is 0 Å². The zero-order valence-corrected chi connectivity index (χ0v) is 11.2. The third-order valence-electron chi connectivity index (χ3n) is 3.02. The molecule has 0 spiro atoms. The van der Waals surface area contributed by atoms with E-state index in [-0.39, 0.29) is 5.78 Å². The van der Waals surface area contributed by atoms with Gasteiger partial charge in [-0.2, -0.15) is 0 Å². The molecular formula is C15H19N3O. The van der Waals surface area contributed by atoms with E-state index in [0.29, 0.717) is 6.42 Å². The molecule has 1 aromatic heterocycles. The molecule has 19 heavy (non-hydrogen) atoms. The first-order valence-electron chi connectivity index (χ1n) is 6.71. The van der Waals surface area contributed by atoms with Crippen molar-refractivity contribution >= 4 is 5.78 Å². The van der Waals surface area contributed by atoms with Gasteiger partial charge in [-0.3, -0.25) is 4.68 Å². The van der Waals surface area contributed by atoms with E-state index in [2.05, 4.69) is 10.3 Å². The zero-order chi connectivity index (χ0) is 13.5. The van der Waals surface area contributed by atoms with Crippen LogP contribution in [0.25, 0.3) is 11.3 Å². The number of ketones is 1. The molecule has 0 bridgehead atoms. The molecule has 4 nitrogen and oxygen atoms in total. The monoisotopic (exact) mass is 257 g/mol. The van der Waals surface area contributed by atoms with Gasteiger partial charge >= 0.3 is 0 Å². The molecule has 0 saturated heterocycles. The molecule has 4 heteroatoms. The number of rotatable bonds is 7. The van der Waals surface area contributed by atoms with E-state index in [1.54, 1.807) is 6.92 Å². The molecule has 0 aliphatic carbocycles. The molecule has 0 aliphatic rings. The molecule has 1 heterocycles. The predicted octanol–water partition coefficient (Wildman–Crippen LogP) is 3.09. The van der Waals surface area contributed by atoms with Gasteiger partial charge in [0.15, 0.2) is 0 Å². The second-order valence-corrected chi connectivity index (χ2v) is 4.75. The lowest BCUT2D eigenvalue weighted by molar-refractivity contribution is -0.117. The highest BCUT2D eigenvalue weighted by Crippen LogP contribution is 2.15. The summed E-state index contributed by atoms with van der Waals surface area (Å²) in [6.45, 7) is 2.50. The molecule has 1 aromatic carbocycles. The van der Waals surface area contributed by atoms with Crippen LogP contribution in [0.15, 0.2) is 36.5 Å². The van der Waals surface area contributed by atoms with Gasteiger partial charge in [0.05, 0.1) is 6.20 Å². The van der Waals surface area contributed by atoms with Gasteiger partial charge in [0.25, 0.3) is 0 Å². The SMILES string of the molecule is CC(=O)CCCCCn1cc(-c2ccccc2)nn1. The van der Waals surface area contributed by atoms with Crippen LogP contribution in [0, 0.1) is 0 Å². The maximum atomic E-state index is 10.8. The maximum Gasteiger partial charge on any atom is 0.129 e. The number of hydrogen-bond acceptors (Lipinski definition) is 3. The van der Waals surface area contributed by atoms with Crippen molar-refractivity contribution in [3.8, 4) is 11.3 Å². The number of Topliss-reactive ketones (excluding diaryl/α,β-unsaturated/α-hetero) is 1. The Balaban J connectivity index is 1.80. The van der Waals surface area contributed by atoms with Crippen molar-refractivity contribution in [1.82, 2.24) is 15.0 Å². The van der Waals surface area contributed by atoms with Crippen LogP contribution in [0.2, 0.25) is 0 Å². The van der Waals surface area contributed by atoms with Crippen molar-refractivity contribution in [2.45, 2.75) is 39.2 Å². The molecule has 0 atom stereocenters. The second kappa shape index (κ2) is 6.83. The summed E-state index contributed by atoms with van der Waals surface area (Å²) >= 11 is 0. The number of carbonyl (C=O) groups excluding carboxylic acids is 1. The highest BCUT2D eigenvalue weighted by molar-refractivity contribution is 5.75. The Kier molecular flexibility index (Phi) is 4.84. The van der Waals surface area contributed by atoms with Gasteiger partial charge in [0, 0.05) is 18.5 Å². The highest BCUT2D eigenvalue weighted by atomic mass is 16.1. The molecule has 2 rings (SSSR count). The van der Waals surface area contributed by atoms with Crippen LogP contribution in [-0.2, 0) is 11.3 Å². The van der Waals surface area contributed by atoms with Gasteiger partial charge in [0.1, 0.15) is 11.5 Å². The van der Waals surface area contributed by atoms with Crippen molar-refractivity contribution in [1.29, 1.82) is 0 Å². The van der Waals surface area contributed by atoms with Crippen molar-refractivity contribution in [2.24, 2.45) is 0 Å². The van der Waals surface area contributed by atoms with Gasteiger partial charge in [-0.05, 0) is 19.8 Å². The first kappa shape index (κ1) is 13.5. The Morgan fingerprint density at radius 2 is 1.95 bits per heavy atom. The van der Waals surface area contributed by atoms with E-state index in [0.717, 1.165) is 37.1 Å². The van der Waals surface area contributed by atoms with Crippen LogP contribution in [0.1, 0.15) is 32.6 Å². The van der Waals surface area contributed by atoms with Crippen molar-refractivity contribution < 1.29 is 4.79 Å². The fourth-order valence-electron chi connectivity index (χ4n) is 1.97. The topological polar surface area (TPSA) is 47.8 Å². The summed E-state index contributed by atoms with van der Waals surface area (Å²) in [5.41, 5.74) is 2.00. The smallest absolute Gasteiger partial charge is 0.129 e. The molecule has 0 fully saturated rings. The molecule has 0 unspecified atom stereocenters. The Hall–Kier alpha value is -1.97. The van der Waals surface area contributed by atoms with Crippen LogP contribution in [0.3, 0.4) is 0 Å². The normalized spacial score (nSPS) is 10.6. The first-order chi connectivity index (χ1) is 9.25. The van der Waals surface area contributed by atoms with Crippen molar-refractivity contribution in [3.05, 3.63) is 36.5 Å². The van der Waals surface area contributed by atoms with Gasteiger partial charge in [-0.25, -0.2) is 0 Å². The van der Waals surface area contributed by atoms with Crippen LogP contribution in [0.4, 0.5) is 0 Å². The zero-order valence-electron chi connectivity index (χ0n) is 11.2. The number of carbonyl (C=O) groups is 1. The maximum absolute atomic E-state index is 10.8. The third kappa shape index (κ3) is 4.32. The lowest BCUT2D eigenvalue weighted by Gasteiger charge is -1.99. The summed E-state index contributed by atoms with van der Waals surface area (Å²) in [5, 5.41) is 8.30. The van der Waals surface area contributed by atoms with Crippen LogP contribution >= 0.6 is 0 Å². The standard InChI is InChI=1S/C15H19N3O/c1-13(19)8-4-3-7-11-18-12-15(16-17-18)14-9-5-2-6-10-14/h2,5-6,9-10,12H,3-4,7-8,11H2,1H3. The van der Waals surface area contributed by atoms with E-state index in [9.17, 15) is 4.79 Å². The van der Waals surface area contributed by atoms with Crippen molar-refractivity contribution in [3.63, 3.8) is 0 Å². The summed E-state index contributed by atoms with van der Waals surface area (Å²) in [4.78, 5) is 10.8. The molecule has 0 amide bonds. The molecule has 100 valence electrons. The largest absolute Gasteiger partial charge is 0.300 e. The minimum absolute atomic E-state index is 0.270. The fraction of sp³-hybridized carbons (Fsp3) is 0.400. The van der Waals surface area contributed by atoms with Gasteiger partial charge in [-0.15, -0.1) is 5.10 Å². The van der Waals surface area contributed by atoms with E-state index in [4.69, 9.17) is 0 Å². The van der Waals surface area contributed by atoms with Crippen LogP contribution in [-0.4, -0.2) is 20.8 Å². The summed E-state index contributed by atoms with van der Waals surface area (Å²) < 4.78 is 1.87. The summed E-state index contributed by atoms with van der Waals surface area (Å²) in [5.74, 6) is 0.270. The van der Waals surface area contributed by atoms with Gasteiger partial charge in [-0.1, -0.05) is 42.0 Å².